The number of aliphatic hydroxyl groups excluding tert-OH is 1. The first-order valence-electron chi connectivity index (χ1n) is 6.46. The molecule has 1 aliphatic heterocycles. The Labute approximate surface area is 103 Å². The molecule has 0 radical (unpaired) electrons. The highest BCUT2D eigenvalue weighted by Crippen LogP contribution is 2.19. The fourth-order valence-electron chi connectivity index (χ4n) is 2.66. The molecule has 6 heteroatoms. The summed E-state index contributed by atoms with van der Waals surface area (Å²) in [5, 5.41) is 12.6. The predicted octanol–water partition coefficient (Wildman–Crippen LogP) is -0.0387. The maximum Gasteiger partial charge on any atom is 0.213 e. The average molecular weight is 262 g/mol. The Balaban J connectivity index is 1.80. The van der Waals surface area contributed by atoms with E-state index in [-0.39, 0.29) is 23.9 Å². The second-order valence-electron chi connectivity index (χ2n) is 5.20. The molecule has 2 aliphatic rings. The smallest absolute Gasteiger partial charge is 0.213 e. The quantitative estimate of drug-likeness (QED) is 0.664. The van der Waals surface area contributed by atoms with Crippen molar-refractivity contribution in [2.24, 2.45) is 0 Å². The van der Waals surface area contributed by atoms with Gasteiger partial charge in [0.1, 0.15) is 0 Å². The van der Waals surface area contributed by atoms with Crippen LogP contribution in [-0.2, 0) is 10.0 Å². The molecule has 17 heavy (non-hydrogen) atoms. The first-order chi connectivity index (χ1) is 8.05. The molecule has 1 saturated carbocycles. The summed E-state index contributed by atoms with van der Waals surface area (Å²) in [6.07, 6.45) is 4.67. The molecular formula is C11H22N2O3S. The molecule has 0 spiro atoms. The Morgan fingerprint density at radius 1 is 1.18 bits per heavy atom. The van der Waals surface area contributed by atoms with E-state index >= 15 is 0 Å². The van der Waals surface area contributed by atoms with Crippen LogP contribution in [0.1, 0.15) is 38.5 Å². The third kappa shape index (κ3) is 4.21. The number of aliphatic hydroxyl groups is 1. The zero-order valence-electron chi connectivity index (χ0n) is 10.1. The Morgan fingerprint density at radius 3 is 2.47 bits per heavy atom. The van der Waals surface area contributed by atoms with E-state index in [1.807, 2.05) is 0 Å². The molecule has 1 saturated heterocycles. The summed E-state index contributed by atoms with van der Waals surface area (Å²) in [6.45, 7) is 0.926. The Morgan fingerprint density at radius 2 is 1.88 bits per heavy atom. The molecule has 2 fully saturated rings. The minimum atomic E-state index is -3.18. The van der Waals surface area contributed by atoms with Crippen LogP contribution in [0.25, 0.3) is 0 Å². The summed E-state index contributed by atoms with van der Waals surface area (Å²) >= 11 is 0. The summed E-state index contributed by atoms with van der Waals surface area (Å²) < 4.78 is 26.6. The van der Waals surface area contributed by atoms with Crippen molar-refractivity contribution in [1.29, 1.82) is 0 Å². The van der Waals surface area contributed by atoms with E-state index in [2.05, 4.69) is 10.0 Å². The molecule has 1 unspecified atom stereocenters. The van der Waals surface area contributed by atoms with E-state index < -0.39 is 10.0 Å². The highest BCUT2D eigenvalue weighted by atomic mass is 32.2. The predicted molar refractivity (Wildman–Crippen MR) is 66.2 cm³/mol. The van der Waals surface area contributed by atoms with Crippen molar-refractivity contribution in [2.45, 2.75) is 56.7 Å². The lowest BCUT2D eigenvalue weighted by molar-refractivity contribution is 0.120. The van der Waals surface area contributed by atoms with Gasteiger partial charge in [-0.15, -0.1) is 0 Å². The molecule has 1 aliphatic carbocycles. The van der Waals surface area contributed by atoms with Crippen LogP contribution in [0, 0.1) is 0 Å². The molecule has 1 atom stereocenters. The molecule has 5 nitrogen and oxygen atoms in total. The molecule has 1 heterocycles. The molecule has 100 valence electrons. The lowest BCUT2D eigenvalue weighted by Crippen LogP contribution is -2.43. The standard InChI is InChI=1S/C11H22N2O3S/c14-11-5-3-9(4-6-11)13-17(15,16)8-10-2-1-7-12-10/h9-14H,1-8H2. The van der Waals surface area contributed by atoms with E-state index in [0.29, 0.717) is 12.8 Å². The van der Waals surface area contributed by atoms with Gasteiger partial charge in [0.05, 0.1) is 11.9 Å². The highest BCUT2D eigenvalue weighted by molar-refractivity contribution is 7.89. The van der Waals surface area contributed by atoms with E-state index in [1.165, 1.54) is 0 Å². The summed E-state index contributed by atoms with van der Waals surface area (Å²) in [4.78, 5) is 0. The number of nitrogens with one attached hydrogen (secondary N) is 2. The Hall–Kier alpha value is -0.170. The molecule has 0 bridgehead atoms. The van der Waals surface area contributed by atoms with Crippen molar-refractivity contribution in [1.82, 2.24) is 10.0 Å². The van der Waals surface area contributed by atoms with Crippen molar-refractivity contribution in [3.8, 4) is 0 Å². The lowest BCUT2D eigenvalue weighted by Gasteiger charge is -2.26. The monoisotopic (exact) mass is 262 g/mol. The van der Waals surface area contributed by atoms with Crippen LogP contribution in [0.5, 0.6) is 0 Å². The number of rotatable bonds is 4. The van der Waals surface area contributed by atoms with Crippen LogP contribution in [-0.4, -0.2) is 44.0 Å². The van der Waals surface area contributed by atoms with Crippen molar-refractivity contribution < 1.29 is 13.5 Å². The van der Waals surface area contributed by atoms with Crippen molar-refractivity contribution in [3.05, 3.63) is 0 Å². The van der Waals surface area contributed by atoms with E-state index in [0.717, 1.165) is 32.2 Å². The van der Waals surface area contributed by atoms with Crippen molar-refractivity contribution in [2.75, 3.05) is 12.3 Å². The summed E-state index contributed by atoms with van der Waals surface area (Å²) in [6, 6.07) is 0.131. The van der Waals surface area contributed by atoms with Gasteiger partial charge >= 0.3 is 0 Å². The van der Waals surface area contributed by atoms with Crippen LogP contribution in [0.2, 0.25) is 0 Å². The van der Waals surface area contributed by atoms with E-state index in [1.54, 1.807) is 0 Å². The van der Waals surface area contributed by atoms with Gasteiger partial charge in [0.15, 0.2) is 0 Å². The van der Waals surface area contributed by atoms with Crippen LogP contribution in [0.4, 0.5) is 0 Å². The van der Waals surface area contributed by atoms with Crippen LogP contribution < -0.4 is 10.0 Å². The second-order valence-corrected chi connectivity index (χ2v) is 7.00. The first kappa shape index (κ1) is 13.3. The fraction of sp³-hybridized carbons (Fsp3) is 1.00. The second kappa shape index (κ2) is 5.65. The van der Waals surface area contributed by atoms with Gasteiger partial charge in [-0.3, -0.25) is 0 Å². The van der Waals surface area contributed by atoms with Crippen LogP contribution in [0.15, 0.2) is 0 Å². The van der Waals surface area contributed by atoms with Gasteiger partial charge in [0.2, 0.25) is 10.0 Å². The first-order valence-corrected chi connectivity index (χ1v) is 8.12. The number of sulfonamides is 1. The van der Waals surface area contributed by atoms with Gasteiger partial charge < -0.3 is 10.4 Å². The molecular weight excluding hydrogens is 240 g/mol. The Bertz CT molecular complexity index is 331. The maximum atomic E-state index is 11.9. The van der Waals surface area contributed by atoms with Gasteiger partial charge in [-0.25, -0.2) is 13.1 Å². The van der Waals surface area contributed by atoms with E-state index in [9.17, 15) is 13.5 Å². The minimum absolute atomic E-state index is 0.0183. The number of hydrogen-bond acceptors (Lipinski definition) is 4. The largest absolute Gasteiger partial charge is 0.393 e. The molecule has 0 amide bonds. The van der Waals surface area contributed by atoms with E-state index in [4.69, 9.17) is 0 Å². The third-order valence-electron chi connectivity index (χ3n) is 3.63. The summed E-state index contributed by atoms with van der Waals surface area (Å²) in [5.74, 6) is 0.187. The zero-order chi connectivity index (χ0) is 12.3. The van der Waals surface area contributed by atoms with Gasteiger partial charge in [-0.1, -0.05) is 0 Å². The van der Waals surface area contributed by atoms with Gasteiger partial charge in [0.25, 0.3) is 0 Å². The Kier molecular flexibility index (Phi) is 4.41. The SMILES string of the molecule is O=S(=O)(CC1CCCN1)NC1CCC(O)CC1. The summed E-state index contributed by atoms with van der Waals surface area (Å²) in [5.41, 5.74) is 0. The summed E-state index contributed by atoms with van der Waals surface area (Å²) in [7, 11) is -3.18. The van der Waals surface area contributed by atoms with Crippen molar-refractivity contribution >= 4 is 10.0 Å². The molecule has 0 aromatic carbocycles. The zero-order valence-corrected chi connectivity index (χ0v) is 10.9. The molecule has 3 N–H and O–H groups in total. The van der Waals surface area contributed by atoms with Gasteiger partial charge in [0, 0.05) is 12.1 Å². The minimum Gasteiger partial charge on any atom is -0.393 e. The molecule has 0 aromatic heterocycles. The maximum absolute atomic E-state index is 11.9. The van der Waals surface area contributed by atoms with Gasteiger partial charge in [-0.05, 0) is 45.1 Å². The third-order valence-corrected chi connectivity index (χ3v) is 5.16. The normalized spacial score (nSPS) is 35.0. The number of hydrogen-bond donors (Lipinski definition) is 3. The average Bonchev–Trinajstić information content (AvgIpc) is 2.73. The van der Waals surface area contributed by atoms with Crippen LogP contribution in [0.3, 0.4) is 0 Å². The van der Waals surface area contributed by atoms with Crippen molar-refractivity contribution in [3.63, 3.8) is 0 Å². The highest BCUT2D eigenvalue weighted by Gasteiger charge is 2.26. The van der Waals surface area contributed by atoms with Gasteiger partial charge in [-0.2, -0.15) is 0 Å². The molecule has 2 rings (SSSR count). The fourth-order valence-corrected chi connectivity index (χ4v) is 4.31. The lowest BCUT2D eigenvalue weighted by atomic mass is 9.94. The molecule has 0 aromatic rings. The topological polar surface area (TPSA) is 78.4 Å². The van der Waals surface area contributed by atoms with Crippen LogP contribution >= 0.6 is 0 Å².